The molecule has 0 saturated carbocycles. The largest absolute Gasteiger partial charge is 0.349 e. The maximum absolute atomic E-state index is 12.0. The first kappa shape index (κ1) is 14.0. The molecule has 0 aliphatic carbocycles. The van der Waals surface area contributed by atoms with E-state index in [1.165, 1.54) is 4.57 Å². The van der Waals surface area contributed by atoms with E-state index >= 15 is 0 Å². The molecular weight excluding hydrogens is 254 g/mol. The summed E-state index contributed by atoms with van der Waals surface area (Å²) in [5.74, 6) is 0.0312. The Morgan fingerprint density at radius 2 is 1.90 bits per heavy atom. The van der Waals surface area contributed by atoms with Gasteiger partial charge in [0.2, 0.25) is 0 Å². The third-order valence-electron chi connectivity index (χ3n) is 2.96. The van der Waals surface area contributed by atoms with Crippen molar-refractivity contribution in [3.05, 3.63) is 58.1 Å². The maximum Gasteiger partial charge on any atom is 0.349 e. The normalized spacial score (nSPS) is 10.6. The molecular formula is C15H17N3O2. The highest BCUT2D eigenvalue weighted by molar-refractivity contribution is 6.03. The number of amides is 1. The van der Waals surface area contributed by atoms with Crippen molar-refractivity contribution in [3.63, 3.8) is 0 Å². The fourth-order valence-electron chi connectivity index (χ4n) is 1.83. The van der Waals surface area contributed by atoms with Gasteiger partial charge in [-0.15, -0.1) is 0 Å². The van der Waals surface area contributed by atoms with Crippen LogP contribution in [0.25, 0.3) is 0 Å². The van der Waals surface area contributed by atoms with Crippen molar-refractivity contribution in [1.82, 2.24) is 9.55 Å². The van der Waals surface area contributed by atoms with Crippen LogP contribution in [0.1, 0.15) is 35.8 Å². The van der Waals surface area contributed by atoms with Crippen LogP contribution < -0.4 is 11.0 Å². The predicted molar refractivity (Wildman–Crippen MR) is 78.0 cm³/mol. The quantitative estimate of drug-likeness (QED) is 0.932. The first-order chi connectivity index (χ1) is 9.49. The van der Waals surface area contributed by atoms with E-state index in [0.29, 0.717) is 11.4 Å². The Hall–Kier alpha value is -2.43. The van der Waals surface area contributed by atoms with Gasteiger partial charge in [0, 0.05) is 23.4 Å². The number of carbonyl (C=O) groups excluding carboxylic acids is 1. The van der Waals surface area contributed by atoms with Crippen molar-refractivity contribution in [2.45, 2.75) is 26.8 Å². The van der Waals surface area contributed by atoms with Gasteiger partial charge in [0.1, 0.15) is 5.82 Å². The van der Waals surface area contributed by atoms with E-state index < -0.39 is 0 Å². The van der Waals surface area contributed by atoms with Gasteiger partial charge in [0.05, 0.1) is 0 Å². The number of hydrogen-bond donors (Lipinski definition) is 1. The van der Waals surface area contributed by atoms with Gasteiger partial charge in [-0.1, -0.05) is 18.2 Å². The summed E-state index contributed by atoms with van der Waals surface area (Å²) >= 11 is 0. The second kappa shape index (κ2) is 5.69. The van der Waals surface area contributed by atoms with Crippen LogP contribution in [0.4, 0.5) is 5.82 Å². The van der Waals surface area contributed by atoms with Gasteiger partial charge < -0.3 is 5.32 Å². The molecule has 5 heteroatoms. The van der Waals surface area contributed by atoms with Crippen LogP contribution >= 0.6 is 0 Å². The lowest BCUT2D eigenvalue weighted by molar-refractivity contribution is 0.102. The molecule has 0 atom stereocenters. The topological polar surface area (TPSA) is 64.0 Å². The molecule has 0 bridgehead atoms. The molecule has 1 aromatic carbocycles. The summed E-state index contributed by atoms with van der Waals surface area (Å²) in [5, 5.41) is 2.67. The lowest BCUT2D eigenvalue weighted by Crippen LogP contribution is -2.27. The highest BCUT2D eigenvalue weighted by atomic mass is 16.2. The molecule has 0 fully saturated rings. The molecule has 20 heavy (non-hydrogen) atoms. The van der Waals surface area contributed by atoms with Gasteiger partial charge in [-0.2, -0.15) is 4.98 Å². The van der Waals surface area contributed by atoms with Gasteiger partial charge in [0.15, 0.2) is 0 Å². The smallest absolute Gasteiger partial charge is 0.306 e. The van der Waals surface area contributed by atoms with Crippen LogP contribution in [-0.4, -0.2) is 15.5 Å². The minimum Gasteiger partial charge on any atom is -0.306 e. The van der Waals surface area contributed by atoms with Gasteiger partial charge in [-0.3, -0.25) is 9.36 Å². The Bertz CT molecular complexity index is 675. The first-order valence-corrected chi connectivity index (χ1v) is 6.45. The molecule has 2 aromatic rings. The minimum absolute atomic E-state index is 0.0348. The van der Waals surface area contributed by atoms with E-state index in [4.69, 9.17) is 0 Å². The number of carbonyl (C=O) groups is 1. The summed E-state index contributed by atoms with van der Waals surface area (Å²) in [6, 6.07) is 8.86. The van der Waals surface area contributed by atoms with Crippen molar-refractivity contribution in [2.24, 2.45) is 0 Å². The zero-order valence-corrected chi connectivity index (χ0v) is 11.8. The highest BCUT2D eigenvalue weighted by Gasteiger charge is 2.11. The molecule has 0 aliphatic heterocycles. The fourth-order valence-corrected chi connectivity index (χ4v) is 1.83. The van der Waals surface area contributed by atoms with Gasteiger partial charge >= 0.3 is 5.69 Å². The first-order valence-electron chi connectivity index (χ1n) is 6.45. The molecule has 104 valence electrons. The summed E-state index contributed by atoms with van der Waals surface area (Å²) in [6.07, 6.45) is 1.71. The second-order valence-corrected chi connectivity index (χ2v) is 4.88. The number of aryl methyl sites for hydroxylation is 1. The SMILES string of the molecule is Cc1cn(C(C)C)c(=O)nc1NC(=O)c1ccccc1. The van der Waals surface area contributed by atoms with E-state index in [-0.39, 0.29) is 17.6 Å². The van der Waals surface area contributed by atoms with Crippen LogP contribution in [-0.2, 0) is 0 Å². The molecule has 0 unspecified atom stereocenters. The number of anilines is 1. The Kier molecular flexibility index (Phi) is 3.98. The lowest BCUT2D eigenvalue weighted by atomic mass is 10.2. The molecule has 0 saturated heterocycles. The van der Waals surface area contributed by atoms with Crippen LogP contribution in [0.5, 0.6) is 0 Å². The molecule has 1 heterocycles. The Morgan fingerprint density at radius 1 is 1.25 bits per heavy atom. The number of aromatic nitrogens is 2. The summed E-state index contributed by atoms with van der Waals surface area (Å²) in [5.41, 5.74) is 0.915. The zero-order chi connectivity index (χ0) is 14.7. The molecule has 1 N–H and O–H groups in total. The third-order valence-corrected chi connectivity index (χ3v) is 2.96. The summed E-state index contributed by atoms with van der Waals surface area (Å²) < 4.78 is 1.54. The number of nitrogens with zero attached hydrogens (tertiary/aromatic N) is 2. The van der Waals surface area contributed by atoms with E-state index in [9.17, 15) is 9.59 Å². The van der Waals surface area contributed by atoms with Gasteiger partial charge in [-0.05, 0) is 32.9 Å². The highest BCUT2D eigenvalue weighted by Crippen LogP contribution is 2.12. The number of nitrogens with one attached hydrogen (secondary N) is 1. The zero-order valence-electron chi connectivity index (χ0n) is 11.8. The van der Waals surface area contributed by atoms with Crippen molar-refractivity contribution in [2.75, 3.05) is 5.32 Å². The van der Waals surface area contributed by atoms with E-state index in [1.54, 1.807) is 30.5 Å². The number of rotatable bonds is 3. The maximum atomic E-state index is 12.0. The summed E-state index contributed by atoms with van der Waals surface area (Å²) in [7, 11) is 0. The molecule has 1 aromatic heterocycles. The molecule has 0 aliphatic rings. The fraction of sp³-hybridized carbons (Fsp3) is 0.267. The van der Waals surface area contributed by atoms with Crippen molar-refractivity contribution >= 4 is 11.7 Å². The van der Waals surface area contributed by atoms with Crippen molar-refractivity contribution in [3.8, 4) is 0 Å². The average Bonchev–Trinajstić information content (AvgIpc) is 2.43. The predicted octanol–water partition coefficient (Wildman–Crippen LogP) is 2.38. The lowest BCUT2D eigenvalue weighted by Gasteiger charge is -2.12. The van der Waals surface area contributed by atoms with E-state index in [1.807, 2.05) is 26.8 Å². The molecule has 2 rings (SSSR count). The average molecular weight is 271 g/mol. The summed E-state index contributed by atoms with van der Waals surface area (Å²) in [4.78, 5) is 27.8. The Balaban J connectivity index is 2.29. The van der Waals surface area contributed by atoms with Gasteiger partial charge in [0.25, 0.3) is 5.91 Å². The van der Waals surface area contributed by atoms with E-state index in [0.717, 1.165) is 5.56 Å². The molecule has 5 nitrogen and oxygen atoms in total. The summed E-state index contributed by atoms with van der Waals surface area (Å²) in [6.45, 7) is 5.63. The molecule has 1 amide bonds. The van der Waals surface area contributed by atoms with Crippen LogP contribution in [0, 0.1) is 6.92 Å². The molecule has 0 spiro atoms. The van der Waals surface area contributed by atoms with Crippen LogP contribution in [0.15, 0.2) is 41.3 Å². The second-order valence-electron chi connectivity index (χ2n) is 4.88. The van der Waals surface area contributed by atoms with Crippen molar-refractivity contribution < 1.29 is 4.79 Å². The van der Waals surface area contributed by atoms with Gasteiger partial charge in [-0.25, -0.2) is 4.79 Å². The number of hydrogen-bond acceptors (Lipinski definition) is 3. The Morgan fingerprint density at radius 3 is 2.50 bits per heavy atom. The monoisotopic (exact) mass is 271 g/mol. The third kappa shape index (κ3) is 2.93. The molecule has 0 radical (unpaired) electrons. The number of benzene rings is 1. The minimum atomic E-state index is -0.367. The van der Waals surface area contributed by atoms with Crippen molar-refractivity contribution in [1.29, 1.82) is 0 Å². The van der Waals surface area contributed by atoms with Crippen LogP contribution in [0.3, 0.4) is 0 Å². The standard InChI is InChI=1S/C15H17N3O2/c1-10(2)18-9-11(3)13(17-15(18)20)16-14(19)12-7-5-4-6-8-12/h4-10H,1-3H3,(H,16,17,19,20). The Labute approximate surface area is 117 Å². The van der Waals surface area contributed by atoms with Crippen LogP contribution in [0.2, 0.25) is 0 Å². The van der Waals surface area contributed by atoms with E-state index in [2.05, 4.69) is 10.3 Å².